The summed E-state index contributed by atoms with van der Waals surface area (Å²) in [5, 5.41) is 0. The number of nitrogens with two attached hydrogens (primary N) is 1. The van der Waals surface area contributed by atoms with E-state index in [1.165, 1.54) is 0 Å². The first kappa shape index (κ1) is 13.7. The Kier molecular flexibility index (Phi) is 4.63. The van der Waals surface area contributed by atoms with Gasteiger partial charge in [0.15, 0.2) is 0 Å². The van der Waals surface area contributed by atoms with Crippen LogP contribution in [0.3, 0.4) is 0 Å². The third-order valence-corrected chi connectivity index (χ3v) is 3.30. The second-order valence-electron chi connectivity index (χ2n) is 4.74. The van der Waals surface area contributed by atoms with E-state index in [0.29, 0.717) is 13.2 Å². The number of hydrogen-bond donors (Lipinski definition) is 1. The average molecular weight is 263 g/mol. The third-order valence-electron chi connectivity index (χ3n) is 3.30. The fourth-order valence-corrected chi connectivity index (χ4v) is 2.08. The molecule has 1 heterocycles. The normalized spacial score (nSPS) is 15.2. The van der Waals surface area contributed by atoms with Crippen molar-refractivity contribution in [2.45, 2.75) is 13.0 Å². The van der Waals surface area contributed by atoms with Gasteiger partial charge in [0, 0.05) is 33.2 Å². The molecule has 2 N–H and O–H groups in total. The first-order valence-corrected chi connectivity index (χ1v) is 6.62. The van der Waals surface area contributed by atoms with Crippen LogP contribution >= 0.6 is 0 Å². The summed E-state index contributed by atoms with van der Waals surface area (Å²) in [5.41, 5.74) is 6.63. The van der Waals surface area contributed by atoms with Crippen molar-refractivity contribution in [1.82, 2.24) is 9.80 Å². The van der Waals surface area contributed by atoms with Gasteiger partial charge in [-0.25, -0.2) is 4.79 Å². The number of likely N-dealkylation sites (N-methyl/N-ethyl adjacent to an activating group) is 1. The van der Waals surface area contributed by atoms with Crippen LogP contribution in [-0.4, -0.2) is 49.1 Å². The predicted octanol–water partition coefficient (Wildman–Crippen LogP) is 1.28. The summed E-state index contributed by atoms with van der Waals surface area (Å²) in [6, 6.07) is 7.91. The van der Waals surface area contributed by atoms with Gasteiger partial charge in [-0.1, -0.05) is 12.1 Å². The van der Waals surface area contributed by atoms with Gasteiger partial charge in [-0.3, -0.25) is 0 Å². The minimum Gasteiger partial charge on any atom is -0.494 e. The lowest BCUT2D eigenvalue weighted by molar-refractivity contribution is 0.194. The van der Waals surface area contributed by atoms with E-state index >= 15 is 0 Å². The van der Waals surface area contributed by atoms with Gasteiger partial charge in [0.05, 0.1) is 6.61 Å². The Balaban J connectivity index is 1.67. The summed E-state index contributed by atoms with van der Waals surface area (Å²) >= 11 is 0. The quantitative estimate of drug-likeness (QED) is 0.787. The lowest BCUT2D eigenvalue weighted by atomic mass is 10.2. The molecule has 1 saturated heterocycles. The Morgan fingerprint density at radius 1 is 1.26 bits per heavy atom. The molecule has 1 aliphatic heterocycles. The van der Waals surface area contributed by atoms with Crippen LogP contribution in [0.15, 0.2) is 24.3 Å². The smallest absolute Gasteiger partial charge is 0.319 e. The molecular formula is C14H21N3O2. The van der Waals surface area contributed by atoms with Crippen molar-refractivity contribution >= 4 is 6.03 Å². The number of rotatable bonds is 6. The van der Waals surface area contributed by atoms with Gasteiger partial charge in [0.2, 0.25) is 0 Å². The fourth-order valence-electron chi connectivity index (χ4n) is 2.08. The third kappa shape index (κ3) is 3.61. The summed E-state index contributed by atoms with van der Waals surface area (Å²) in [6.07, 6.45) is 0.845. The molecule has 0 radical (unpaired) electrons. The number of urea groups is 1. The molecule has 0 aromatic heterocycles. The zero-order valence-electron chi connectivity index (χ0n) is 11.3. The number of ether oxygens (including phenoxy) is 1. The number of benzene rings is 1. The summed E-state index contributed by atoms with van der Waals surface area (Å²) in [4.78, 5) is 15.2. The highest BCUT2D eigenvalue weighted by atomic mass is 16.5. The molecule has 19 heavy (non-hydrogen) atoms. The molecule has 2 amide bonds. The second-order valence-corrected chi connectivity index (χ2v) is 4.74. The largest absolute Gasteiger partial charge is 0.494 e. The fraction of sp³-hybridized carbons (Fsp3) is 0.500. The molecular weight excluding hydrogens is 242 g/mol. The second kappa shape index (κ2) is 6.43. The Labute approximate surface area is 113 Å². The van der Waals surface area contributed by atoms with Crippen molar-refractivity contribution in [1.29, 1.82) is 0 Å². The maximum Gasteiger partial charge on any atom is 0.319 e. The molecule has 1 aliphatic rings. The van der Waals surface area contributed by atoms with E-state index in [-0.39, 0.29) is 6.03 Å². The van der Waals surface area contributed by atoms with Crippen molar-refractivity contribution in [2.24, 2.45) is 5.73 Å². The van der Waals surface area contributed by atoms with E-state index in [1.807, 2.05) is 36.2 Å². The number of nitrogens with zero attached hydrogens (tertiary/aromatic N) is 2. The monoisotopic (exact) mass is 263 g/mol. The Morgan fingerprint density at radius 3 is 2.58 bits per heavy atom. The molecule has 0 saturated carbocycles. The van der Waals surface area contributed by atoms with Crippen LogP contribution in [0.25, 0.3) is 0 Å². The van der Waals surface area contributed by atoms with Gasteiger partial charge in [-0.15, -0.1) is 0 Å². The molecule has 1 fully saturated rings. The van der Waals surface area contributed by atoms with E-state index < -0.39 is 0 Å². The standard InChI is InChI=1S/C14H21N3O2/c1-16-8-9-17(14(16)18)7-2-10-19-13-5-3-12(11-15)4-6-13/h3-6H,2,7-11,15H2,1H3. The van der Waals surface area contributed by atoms with E-state index in [2.05, 4.69) is 0 Å². The van der Waals surface area contributed by atoms with E-state index in [4.69, 9.17) is 10.5 Å². The molecule has 0 unspecified atom stereocenters. The van der Waals surface area contributed by atoms with Crippen LogP contribution in [0.4, 0.5) is 4.79 Å². The van der Waals surface area contributed by atoms with Crippen LogP contribution in [-0.2, 0) is 6.54 Å². The summed E-state index contributed by atoms with van der Waals surface area (Å²) in [7, 11) is 1.83. The minimum atomic E-state index is 0.118. The highest BCUT2D eigenvalue weighted by Crippen LogP contribution is 2.12. The number of carbonyl (C=O) groups is 1. The SMILES string of the molecule is CN1CCN(CCCOc2ccc(CN)cc2)C1=O. The van der Waals surface area contributed by atoms with Crippen LogP contribution in [0.2, 0.25) is 0 Å². The maximum atomic E-state index is 11.6. The number of carbonyl (C=O) groups excluding carboxylic acids is 1. The molecule has 0 atom stereocenters. The van der Waals surface area contributed by atoms with Crippen LogP contribution in [0.1, 0.15) is 12.0 Å². The molecule has 104 valence electrons. The van der Waals surface area contributed by atoms with Crippen molar-refractivity contribution in [3.63, 3.8) is 0 Å². The molecule has 5 nitrogen and oxygen atoms in total. The maximum absolute atomic E-state index is 11.6. The molecule has 2 rings (SSSR count). The highest BCUT2D eigenvalue weighted by molar-refractivity contribution is 5.76. The molecule has 0 bridgehead atoms. The lowest BCUT2D eigenvalue weighted by Crippen LogP contribution is -2.30. The van der Waals surface area contributed by atoms with Crippen molar-refractivity contribution in [2.75, 3.05) is 33.3 Å². The van der Waals surface area contributed by atoms with Gasteiger partial charge in [0.25, 0.3) is 0 Å². The van der Waals surface area contributed by atoms with Gasteiger partial charge in [0.1, 0.15) is 5.75 Å². The van der Waals surface area contributed by atoms with E-state index in [1.54, 1.807) is 4.90 Å². The minimum absolute atomic E-state index is 0.118. The van der Waals surface area contributed by atoms with Crippen LogP contribution < -0.4 is 10.5 Å². The van der Waals surface area contributed by atoms with E-state index in [0.717, 1.165) is 37.4 Å². The lowest BCUT2D eigenvalue weighted by Gasteiger charge is -2.15. The molecule has 0 aliphatic carbocycles. The van der Waals surface area contributed by atoms with E-state index in [9.17, 15) is 4.79 Å². The van der Waals surface area contributed by atoms with Crippen LogP contribution in [0, 0.1) is 0 Å². The number of amides is 2. The molecule has 5 heteroatoms. The Bertz CT molecular complexity index is 419. The first-order valence-electron chi connectivity index (χ1n) is 6.62. The summed E-state index contributed by atoms with van der Waals surface area (Å²) < 4.78 is 5.63. The number of hydrogen-bond acceptors (Lipinski definition) is 3. The van der Waals surface area contributed by atoms with Crippen LogP contribution in [0.5, 0.6) is 5.75 Å². The van der Waals surface area contributed by atoms with Gasteiger partial charge < -0.3 is 20.3 Å². The molecule has 1 aromatic rings. The van der Waals surface area contributed by atoms with Crippen molar-refractivity contribution in [3.05, 3.63) is 29.8 Å². The average Bonchev–Trinajstić information content (AvgIpc) is 2.76. The molecule has 1 aromatic carbocycles. The zero-order valence-corrected chi connectivity index (χ0v) is 11.3. The van der Waals surface area contributed by atoms with Gasteiger partial charge >= 0.3 is 6.03 Å². The van der Waals surface area contributed by atoms with Gasteiger partial charge in [-0.05, 0) is 24.1 Å². The van der Waals surface area contributed by atoms with Crippen molar-refractivity contribution < 1.29 is 9.53 Å². The Morgan fingerprint density at radius 2 is 2.00 bits per heavy atom. The van der Waals surface area contributed by atoms with Gasteiger partial charge in [-0.2, -0.15) is 0 Å². The summed E-state index contributed by atoms with van der Waals surface area (Å²) in [5.74, 6) is 0.849. The van der Waals surface area contributed by atoms with Crippen molar-refractivity contribution in [3.8, 4) is 5.75 Å². The topological polar surface area (TPSA) is 58.8 Å². The zero-order chi connectivity index (χ0) is 13.7. The predicted molar refractivity (Wildman–Crippen MR) is 74.0 cm³/mol. The summed E-state index contributed by atoms with van der Waals surface area (Å²) in [6.45, 7) is 3.56. The Hall–Kier alpha value is -1.75. The first-order chi connectivity index (χ1) is 9.20. The highest BCUT2D eigenvalue weighted by Gasteiger charge is 2.24. The molecule has 0 spiro atoms.